The van der Waals surface area contributed by atoms with E-state index in [1.807, 2.05) is 0 Å². The molecule has 2 aromatic rings. The molecule has 0 bridgehead atoms. The number of hydrogen-bond acceptors (Lipinski definition) is 1. The summed E-state index contributed by atoms with van der Waals surface area (Å²) in [5.41, 5.74) is 7.12. The number of rotatable bonds is 4. The Morgan fingerprint density at radius 3 is 2.30 bits per heavy atom. The summed E-state index contributed by atoms with van der Waals surface area (Å²) in [5, 5.41) is 3.72. The summed E-state index contributed by atoms with van der Waals surface area (Å²) >= 11 is 0. The highest BCUT2D eigenvalue weighted by Gasteiger charge is 2.37. The minimum Gasteiger partial charge on any atom is -0.309 e. The molecule has 1 fully saturated rings. The summed E-state index contributed by atoms with van der Waals surface area (Å²) in [6.07, 6.45) is 1.27. The second kappa shape index (κ2) is 5.41. The van der Waals surface area contributed by atoms with Crippen LogP contribution < -0.4 is 5.32 Å². The first kappa shape index (κ1) is 13.4. The van der Waals surface area contributed by atoms with Crippen LogP contribution in [-0.2, 0) is 6.54 Å². The van der Waals surface area contributed by atoms with Gasteiger partial charge in [0.2, 0.25) is 0 Å². The van der Waals surface area contributed by atoms with Gasteiger partial charge in [0.15, 0.2) is 0 Å². The van der Waals surface area contributed by atoms with Crippen molar-refractivity contribution in [3.8, 4) is 0 Å². The molecule has 0 spiro atoms. The molecular weight excluding hydrogens is 242 g/mol. The molecule has 1 saturated carbocycles. The maximum absolute atomic E-state index is 3.72. The van der Waals surface area contributed by atoms with Gasteiger partial charge in [-0.1, -0.05) is 48.0 Å². The van der Waals surface area contributed by atoms with Crippen LogP contribution in [0.3, 0.4) is 0 Å². The molecule has 1 aliphatic carbocycles. The fourth-order valence-corrected chi connectivity index (χ4v) is 3.21. The summed E-state index contributed by atoms with van der Waals surface area (Å²) in [5.74, 6) is 0.710. The quantitative estimate of drug-likeness (QED) is 0.871. The van der Waals surface area contributed by atoms with Crippen LogP contribution in [0.1, 0.15) is 40.2 Å². The third-order valence-electron chi connectivity index (χ3n) is 4.40. The Kier molecular flexibility index (Phi) is 3.62. The second-order valence-corrected chi connectivity index (χ2v) is 6.12. The zero-order valence-electron chi connectivity index (χ0n) is 12.6. The van der Waals surface area contributed by atoms with E-state index in [2.05, 4.69) is 68.6 Å². The van der Waals surface area contributed by atoms with E-state index in [-0.39, 0.29) is 0 Å². The van der Waals surface area contributed by atoms with Crippen LogP contribution in [0.2, 0.25) is 0 Å². The normalized spacial score (nSPS) is 20.9. The Morgan fingerprint density at radius 2 is 1.65 bits per heavy atom. The van der Waals surface area contributed by atoms with Gasteiger partial charge < -0.3 is 5.32 Å². The van der Waals surface area contributed by atoms with E-state index in [1.54, 1.807) is 0 Å². The predicted molar refractivity (Wildman–Crippen MR) is 85.1 cm³/mol. The molecule has 0 saturated heterocycles. The van der Waals surface area contributed by atoms with E-state index in [9.17, 15) is 0 Å². The fraction of sp³-hybridized carbons (Fsp3) is 0.368. The highest BCUT2D eigenvalue weighted by atomic mass is 15.0. The van der Waals surface area contributed by atoms with Crippen LogP contribution in [0.5, 0.6) is 0 Å². The summed E-state index contributed by atoms with van der Waals surface area (Å²) in [6, 6.07) is 16.1. The molecule has 20 heavy (non-hydrogen) atoms. The van der Waals surface area contributed by atoms with Crippen LogP contribution in [0.4, 0.5) is 0 Å². The maximum Gasteiger partial charge on any atom is 0.0213 e. The zero-order valence-corrected chi connectivity index (χ0v) is 12.6. The van der Waals surface area contributed by atoms with Crippen molar-refractivity contribution in [2.24, 2.45) is 0 Å². The van der Waals surface area contributed by atoms with Gasteiger partial charge in [0.05, 0.1) is 0 Å². The minimum atomic E-state index is 0.650. The van der Waals surface area contributed by atoms with Gasteiger partial charge in [0.25, 0.3) is 0 Å². The van der Waals surface area contributed by atoms with E-state index in [0.29, 0.717) is 12.0 Å². The summed E-state index contributed by atoms with van der Waals surface area (Å²) in [6.45, 7) is 7.60. The Bertz CT molecular complexity index is 577. The summed E-state index contributed by atoms with van der Waals surface area (Å²) in [7, 11) is 0. The molecule has 0 heterocycles. The molecule has 3 rings (SSSR count). The smallest absolute Gasteiger partial charge is 0.0213 e. The molecule has 0 amide bonds. The second-order valence-electron chi connectivity index (χ2n) is 6.12. The van der Waals surface area contributed by atoms with Crippen LogP contribution in [0.25, 0.3) is 0 Å². The van der Waals surface area contributed by atoms with Crippen molar-refractivity contribution in [2.45, 2.75) is 45.7 Å². The van der Waals surface area contributed by atoms with Gasteiger partial charge in [-0.2, -0.15) is 0 Å². The lowest BCUT2D eigenvalue weighted by Crippen LogP contribution is -2.18. The standard InChI is InChI=1S/C19H23N/c1-13-9-14(2)18(15(3)10-13)12-20-19-11-17(19)16-7-5-4-6-8-16/h4-10,17,19-20H,11-12H2,1-3H3. The van der Waals surface area contributed by atoms with E-state index in [1.165, 1.54) is 34.2 Å². The molecule has 1 nitrogen and oxygen atoms in total. The number of nitrogens with one attached hydrogen (secondary N) is 1. The van der Waals surface area contributed by atoms with Crippen molar-refractivity contribution in [1.29, 1.82) is 0 Å². The Balaban J connectivity index is 1.62. The number of aryl methyl sites for hydroxylation is 3. The summed E-state index contributed by atoms with van der Waals surface area (Å²) in [4.78, 5) is 0. The van der Waals surface area contributed by atoms with Crippen molar-refractivity contribution < 1.29 is 0 Å². The monoisotopic (exact) mass is 265 g/mol. The molecule has 2 unspecified atom stereocenters. The van der Waals surface area contributed by atoms with Crippen molar-refractivity contribution in [1.82, 2.24) is 5.32 Å². The van der Waals surface area contributed by atoms with Gasteiger partial charge in [-0.05, 0) is 49.4 Å². The maximum atomic E-state index is 3.72. The molecule has 2 atom stereocenters. The molecule has 2 aromatic carbocycles. The molecule has 0 aliphatic heterocycles. The topological polar surface area (TPSA) is 12.0 Å². The Morgan fingerprint density at radius 1 is 1.00 bits per heavy atom. The molecule has 104 valence electrons. The molecule has 1 aliphatic rings. The highest BCUT2D eigenvalue weighted by Crippen LogP contribution is 2.40. The minimum absolute atomic E-state index is 0.650. The van der Waals surface area contributed by atoms with Gasteiger partial charge in [0.1, 0.15) is 0 Å². The number of benzene rings is 2. The van der Waals surface area contributed by atoms with Crippen molar-refractivity contribution in [3.05, 3.63) is 70.3 Å². The molecule has 0 aromatic heterocycles. The SMILES string of the molecule is Cc1cc(C)c(CNC2CC2c2ccccc2)c(C)c1. The summed E-state index contributed by atoms with van der Waals surface area (Å²) < 4.78 is 0. The van der Waals surface area contributed by atoms with E-state index >= 15 is 0 Å². The lowest BCUT2D eigenvalue weighted by atomic mass is 10.00. The Labute approximate surface area is 122 Å². The third-order valence-corrected chi connectivity index (χ3v) is 4.40. The van der Waals surface area contributed by atoms with Crippen LogP contribution in [0.15, 0.2) is 42.5 Å². The number of hydrogen-bond donors (Lipinski definition) is 1. The molecule has 0 radical (unpaired) electrons. The van der Waals surface area contributed by atoms with Crippen LogP contribution >= 0.6 is 0 Å². The third kappa shape index (κ3) is 2.78. The Hall–Kier alpha value is -1.60. The lowest BCUT2D eigenvalue weighted by molar-refractivity contribution is 0.668. The van der Waals surface area contributed by atoms with Gasteiger partial charge in [-0.3, -0.25) is 0 Å². The molecule has 1 heteroatoms. The van der Waals surface area contributed by atoms with E-state index in [4.69, 9.17) is 0 Å². The molecule has 1 N–H and O–H groups in total. The van der Waals surface area contributed by atoms with E-state index < -0.39 is 0 Å². The van der Waals surface area contributed by atoms with Crippen molar-refractivity contribution in [3.63, 3.8) is 0 Å². The highest BCUT2D eigenvalue weighted by molar-refractivity contribution is 5.37. The fourth-order valence-electron chi connectivity index (χ4n) is 3.21. The first-order valence-corrected chi connectivity index (χ1v) is 7.50. The van der Waals surface area contributed by atoms with Gasteiger partial charge in [-0.25, -0.2) is 0 Å². The van der Waals surface area contributed by atoms with Gasteiger partial charge in [-0.15, -0.1) is 0 Å². The lowest BCUT2D eigenvalue weighted by Gasteiger charge is -2.12. The van der Waals surface area contributed by atoms with Crippen LogP contribution in [-0.4, -0.2) is 6.04 Å². The molecular formula is C19H23N. The van der Waals surface area contributed by atoms with Crippen LogP contribution in [0, 0.1) is 20.8 Å². The first-order chi connectivity index (χ1) is 9.65. The first-order valence-electron chi connectivity index (χ1n) is 7.50. The van der Waals surface area contributed by atoms with Gasteiger partial charge >= 0.3 is 0 Å². The van der Waals surface area contributed by atoms with Crippen molar-refractivity contribution in [2.75, 3.05) is 0 Å². The van der Waals surface area contributed by atoms with E-state index in [0.717, 1.165) is 6.54 Å². The predicted octanol–water partition coefficient (Wildman–Crippen LogP) is 4.26. The average molecular weight is 265 g/mol. The average Bonchev–Trinajstić information content (AvgIpc) is 3.18. The van der Waals surface area contributed by atoms with Crippen molar-refractivity contribution >= 4 is 0 Å². The largest absolute Gasteiger partial charge is 0.309 e. The zero-order chi connectivity index (χ0) is 14.1. The van der Waals surface area contributed by atoms with Gasteiger partial charge in [0, 0.05) is 18.5 Å².